The maximum absolute atomic E-state index is 10.9. The van der Waals surface area contributed by atoms with E-state index >= 15 is 0 Å². The first-order valence-corrected chi connectivity index (χ1v) is 6.51. The van der Waals surface area contributed by atoms with Crippen LogP contribution in [0.4, 0.5) is 0 Å². The molecule has 1 aliphatic rings. The monoisotopic (exact) mass is 244 g/mol. The number of unbranched alkanes of at least 4 members (excludes halogenated alkanes) is 4. The van der Waals surface area contributed by atoms with Crippen LogP contribution in [0.15, 0.2) is 0 Å². The third-order valence-electron chi connectivity index (χ3n) is 3.14. The van der Waals surface area contributed by atoms with Crippen molar-refractivity contribution in [2.45, 2.75) is 57.7 Å². The predicted molar refractivity (Wildman–Crippen MR) is 64.6 cm³/mol. The second kappa shape index (κ2) is 7.67. The Kier molecular flexibility index (Phi) is 6.52. The fourth-order valence-electron chi connectivity index (χ4n) is 2.05. The fraction of sp³-hybridized carbons (Fsp3) is 0.923. The Labute approximate surface area is 104 Å². The highest BCUT2D eigenvalue weighted by Crippen LogP contribution is 2.25. The fourth-order valence-corrected chi connectivity index (χ4v) is 2.05. The number of ether oxygens (including phenoxy) is 3. The number of hydrogen-bond acceptors (Lipinski definition) is 4. The first-order chi connectivity index (χ1) is 8.16. The van der Waals surface area contributed by atoms with Gasteiger partial charge >= 0.3 is 5.97 Å². The van der Waals surface area contributed by atoms with Crippen LogP contribution in [-0.4, -0.2) is 32.1 Å². The van der Waals surface area contributed by atoms with Gasteiger partial charge in [0.1, 0.15) is 0 Å². The molecule has 0 saturated carbocycles. The molecule has 17 heavy (non-hydrogen) atoms. The van der Waals surface area contributed by atoms with Gasteiger partial charge in [-0.1, -0.05) is 19.3 Å². The van der Waals surface area contributed by atoms with Crippen LogP contribution in [-0.2, 0) is 19.0 Å². The molecular formula is C13H24O4. The summed E-state index contributed by atoms with van der Waals surface area (Å²) in [5.74, 6) is -0.447. The summed E-state index contributed by atoms with van der Waals surface area (Å²) in [6.45, 7) is 3.45. The van der Waals surface area contributed by atoms with E-state index in [0.29, 0.717) is 6.42 Å². The summed E-state index contributed by atoms with van der Waals surface area (Å²) in [6.07, 6.45) is 6.97. The minimum absolute atomic E-state index is 0.106. The lowest BCUT2D eigenvalue weighted by molar-refractivity contribution is -0.147. The van der Waals surface area contributed by atoms with Crippen LogP contribution >= 0.6 is 0 Å². The first-order valence-electron chi connectivity index (χ1n) is 6.51. The number of carbonyl (C=O) groups is 1. The van der Waals surface area contributed by atoms with Crippen LogP contribution in [0.2, 0.25) is 0 Å². The second-order valence-corrected chi connectivity index (χ2v) is 4.67. The molecule has 4 heteroatoms. The summed E-state index contributed by atoms with van der Waals surface area (Å²) in [7, 11) is 1.44. The summed E-state index contributed by atoms with van der Waals surface area (Å²) in [4.78, 5) is 10.9. The Morgan fingerprint density at radius 3 is 2.35 bits per heavy atom. The lowest BCUT2D eigenvalue weighted by atomic mass is 10.1. The van der Waals surface area contributed by atoms with Gasteiger partial charge in [0.25, 0.3) is 0 Å². The van der Waals surface area contributed by atoms with E-state index in [-0.39, 0.29) is 11.8 Å². The molecular weight excluding hydrogens is 220 g/mol. The molecule has 100 valence electrons. The minimum atomic E-state index is -0.341. The Morgan fingerprint density at radius 2 is 1.71 bits per heavy atom. The molecule has 4 nitrogen and oxygen atoms in total. The van der Waals surface area contributed by atoms with Gasteiger partial charge < -0.3 is 14.2 Å². The Bertz CT molecular complexity index is 221. The SMILES string of the molecule is COC(=O)CCCCCCCC1(C)OCCO1. The van der Waals surface area contributed by atoms with Gasteiger partial charge in [-0.2, -0.15) is 0 Å². The maximum atomic E-state index is 10.9. The average molecular weight is 244 g/mol. The quantitative estimate of drug-likeness (QED) is 0.486. The Morgan fingerprint density at radius 1 is 1.12 bits per heavy atom. The van der Waals surface area contributed by atoms with Crippen molar-refractivity contribution in [3.05, 3.63) is 0 Å². The second-order valence-electron chi connectivity index (χ2n) is 4.67. The van der Waals surface area contributed by atoms with Gasteiger partial charge in [-0.05, 0) is 19.8 Å². The zero-order valence-electron chi connectivity index (χ0n) is 11.0. The standard InChI is InChI=1S/C13H24O4/c1-13(16-10-11-17-13)9-7-5-3-4-6-8-12(14)15-2/h3-11H2,1-2H3. The van der Waals surface area contributed by atoms with Crippen molar-refractivity contribution in [2.24, 2.45) is 0 Å². The molecule has 0 radical (unpaired) electrons. The molecule has 0 N–H and O–H groups in total. The van der Waals surface area contributed by atoms with E-state index < -0.39 is 0 Å². The zero-order chi connectivity index (χ0) is 12.6. The van der Waals surface area contributed by atoms with Gasteiger partial charge in [-0.3, -0.25) is 4.79 Å². The number of rotatable bonds is 8. The molecule has 0 unspecified atom stereocenters. The summed E-state index contributed by atoms with van der Waals surface area (Å²) in [5.41, 5.74) is 0. The van der Waals surface area contributed by atoms with E-state index in [1.165, 1.54) is 13.5 Å². The van der Waals surface area contributed by atoms with Crippen LogP contribution in [0.25, 0.3) is 0 Å². The number of methoxy groups -OCH3 is 1. The van der Waals surface area contributed by atoms with Gasteiger partial charge in [0.05, 0.1) is 20.3 Å². The van der Waals surface area contributed by atoms with Crippen LogP contribution < -0.4 is 0 Å². The highest BCUT2D eigenvalue weighted by Gasteiger charge is 2.29. The van der Waals surface area contributed by atoms with E-state index in [9.17, 15) is 4.79 Å². The van der Waals surface area contributed by atoms with Crippen molar-refractivity contribution in [3.63, 3.8) is 0 Å². The van der Waals surface area contributed by atoms with Gasteiger partial charge in [-0.25, -0.2) is 0 Å². The summed E-state index contributed by atoms with van der Waals surface area (Å²) < 4.78 is 15.6. The molecule has 1 saturated heterocycles. The van der Waals surface area contributed by atoms with Crippen molar-refractivity contribution in [3.8, 4) is 0 Å². The van der Waals surface area contributed by atoms with Crippen molar-refractivity contribution in [1.29, 1.82) is 0 Å². The molecule has 0 aliphatic carbocycles. The van der Waals surface area contributed by atoms with E-state index in [1.807, 2.05) is 6.92 Å². The van der Waals surface area contributed by atoms with Crippen molar-refractivity contribution in [1.82, 2.24) is 0 Å². The molecule has 0 aromatic rings. The van der Waals surface area contributed by atoms with Crippen molar-refractivity contribution >= 4 is 5.97 Å². The lowest BCUT2D eigenvalue weighted by Crippen LogP contribution is -2.24. The molecule has 1 aliphatic heterocycles. The topological polar surface area (TPSA) is 44.8 Å². The molecule has 0 spiro atoms. The van der Waals surface area contributed by atoms with E-state index in [4.69, 9.17) is 9.47 Å². The maximum Gasteiger partial charge on any atom is 0.305 e. The Balaban J connectivity index is 1.89. The first kappa shape index (κ1) is 14.5. The normalized spacial score (nSPS) is 18.2. The molecule has 1 fully saturated rings. The third kappa shape index (κ3) is 6.03. The highest BCUT2D eigenvalue weighted by molar-refractivity contribution is 5.68. The largest absolute Gasteiger partial charge is 0.469 e. The summed E-state index contributed by atoms with van der Waals surface area (Å²) in [6, 6.07) is 0. The summed E-state index contributed by atoms with van der Waals surface area (Å²) >= 11 is 0. The molecule has 1 heterocycles. The number of esters is 1. The van der Waals surface area contributed by atoms with Crippen LogP contribution in [0.1, 0.15) is 51.9 Å². The lowest BCUT2D eigenvalue weighted by Gasteiger charge is -2.21. The molecule has 0 aromatic carbocycles. The zero-order valence-corrected chi connectivity index (χ0v) is 11.0. The van der Waals surface area contributed by atoms with Crippen LogP contribution in [0, 0.1) is 0 Å². The average Bonchev–Trinajstić information content (AvgIpc) is 2.75. The van der Waals surface area contributed by atoms with E-state index in [2.05, 4.69) is 4.74 Å². The number of hydrogen-bond donors (Lipinski definition) is 0. The smallest absolute Gasteiger partial charge is 0.305 e. The van der Waals surface area contributed by atoms with Crippen LogP contribution in [0.5, 0.6) is 0 Å². The predicted octanol–water partition coefficient (Wildman–Crippen LogP) is 2.65. The van der Waals surface area contributed by atoms with Crippen molar-refractivity contribution in [2.75, 3.05) is 20.3 Å². The van der Waals surface area contributed by atoms with Crippen molar-refractivity contribution < 1.29 is 19.0 Å². The highest BCUT2D eigenvalue weighted by atomic mass is 16.7. The molecule has 1 rings (SSSR count). The Hall–Kier alpha value is -0.610. The van der Waals surface area contributed by atoms with E-state index in [1.54, 1.807) is 0 Å². The van der Waals surface area contributed by atoms with E-state index in [0.717, 1.165) is 45.3 Å². The number of carbonyl (C=O) groups excluding carboxylic acids is 1. The van der Waals surface area contributed by atoms with Gasteiger partial charge in [-0.15, -0.1) is 0 Å². The van der Waals surface area contributed by atoms with Gasteiger partial charge in [0, 0.05) is 12.8 Å². The molecule has 0 bridgehead atoms. The van der Waals surface area contributed by atoms with Crippen LogP contribution in [0.3, 0.4) is 0 Å². The van der Waals surface area contributed by atoms with Gasteiger partial charge in [0.2, 0.25) is 0 Å². The third-order valence-corrected chi connectivity index (χ3v) is 3.14. The summed E-state index contributed by atoms with van der Waals surface area (Å²) in [5, 5.41) is 0. The minimum Gasteiger partial charge on any atom is -0.469 e. The molecule has 0 aromatic heterocycles. The van der Waals surface area contributed by atoms with Gasteiger partial charge in [0.15, 0.2) is 5.79 Å². The molecule has 0 atom stereocenters. The molecule has 0 amide bonds.